The van der Waals surface area contributed by atoms with E-state index >= 15 is 0 Å². The predicted molar refractivity (Wildman–Crippen MR) is 93.6 cm³/mol. The third-order valence-electron chi connectivity index (χ3n) is 3.80. The van der Waals surface area contributed by atoms with Gasteiger partial charge < -0.3 is 9.47 Å². The average molecular weight is 294 g/mol. The molecule has 0 amide bonds. The maximum absolute atomic E-state index is 5.56. The smallest absolute Gasteiger partial charge is 0.130 e. The van der Waals surface area contributed by atoms with Gasteiger partial charge in [0.25, 0.3) is 0 Å². The van der Waals surface area contributed by atoms with E-state index in [1.807, 2.05) is 13.0 Å². The van der Waals surface area contributed by atoms with Gasteiger partial charge in [-0.2, -0.15) is 0 Å². The van der Waals surface area contributed by atoms with Gasteiger partial charge in [0, 0.05) is 0 Å². The molecule has 0 atom stereocenters. The average Bonchev–Trinajstić information content (AvgIpc) is 2.54. The second kappa shape index (κ2) is 6.99. The Hall–Kier alpha value is -2.48. The molecule has 2 aromatic rings. The lowest BCUT2D eigenvalue weighted by Gasteiger charge is -2.17. The van der Waals surface area contributed by atoms with Crippen molar-refractivity contribution in [2.24, 2.45) is 0 Å². The number of ether oxygens (including phenoxy) is 2. The maximum Gasteiger partial charge on any atom is 0.130 e. The Kier molecular flexibility index (Phi) is 5.05. The second-order valence-corrected chi connectivity index (χ2v) is 5.08. The fourth-order valence-electron chi connectivity index (χ4n) is 2.64. The van der Waals surface area contributed by atoms with Crippen LogP contribution in [0.2, 0.25) is 0 Å². The van der Waals surface area contributed by atoms with Crippen LogP contribution in [0.15, 0.2) is 66.6 Å². The molecule has 0 spiro atoms. The quantitative estimate of drug-likeness (QED) is 0.554. The first kappa shape index (κ1) is 15.9. The molecule has 114 valence electrons. The van der Waals surface area contributed by atoms with Crippen LogP contribution in [0.25, 0.3) is 16.3 Å². The number of fused-ring (bicyclic) bond motifs is 1. The first-order chi connectivity index (χ1) is 10.6. The van der Waals surface area contributed by atoms with Gasteiger partial charge in [0.05, 0.1) is 19.8 Å². The van der Waals surface area contributed by atoms with Gasteiger partial charge in [-0.3, -0.25) is 0 Å². The lowest BCUT2D eigenvalue weighted by atomic mass is 9.94. The van der Waals surface area contributed by atoms with Gasteiger partial charge in [0.2, 0.25) is 0 Å². The van der Waals surface area contributed by atoms with Crippen LogP contribution in [0.5, 0.6) is 0 Å². The summed E-state index contributed by atoms with van der Waals surface area (Å²) in [4.78, 5) is 0. The van der Waals surface area contributed by atoms with Crippen LogP contribution in [-0.2, 0) is 9.47 Å². The van der Waals surface area contributed by atoms with Crippen molar-refractivity contribution in [1.29, 1.82) is 0 Å². The van der Waals surface area contributed by atoms with E-state index in [2.05, 4.69) is 49.9 Å². The van der Waals surface area contributed by atoms with E-state index in [-0.39, 0.29) is 0 Å². The molecule has 0 aliphatic heterocycles. The van der Waals surface area contributed by atoms with Crippen molar-refractivity contribution < 1.29 is 9.47 Å². The molecule has 0 saturated heterocycles. The highest BCUT2D eigenvalue weighted by molar-refractivity contribution is 5.98. The van der Waals surface area contributed by atoms with Crippen LogP contribution >= 0.6 is 0 Å². The first-order valence-electron chi connectivity index (χ1n) is 7.24. The van der Waals surface area contributed by atoms with Crippen LogP contribution in [0.3, 0.4) is 0 Å². The van der Waals surface area contributed by atoms with Crippen LogP contribution < -0.4 is 0 Å². The normalized spacial score (nSPS) is 12.8. The summed E-state index contributed by atoms with van der Waals surface area (Å²) in [5, 5.41) is 2.41. The molecule has 0 bridgehead atoms. The van der Waals surface area contributed by atoms with E-state index < -0.39 is 0 Å². The molecule has 0 fully saturated rings. The molecule has 2 nitrogen and oxygen atoms in total. The zero-order valence-electron chi connectivity index (χ0n) is 13.6. The summed E-state index contributed by atoms with van der Waals surface area (Å²) < 4.78 is 11.1. The molecule has 0 saturated carbocycles. The number of hydrogen-bond acceptors (Lipinski definition) is 2. The van der Waals surface area contributed by atoms with Crippen molar-refractivity contribution in [2.45, 2.75) is 13.8 Å². The van der Waals surface area contributed by atoms with Gasteiger partial charge in [0.15, 0.2) is 0 Å². The van der Waals surface area contributed by atoms with Crippen LogP contribution in [0.4, 0.5) is 0 Å². The van der Waals surface area contributed by atoms with E-state index in [4.69, 9.17) is 9.47 Å². The van der Waals surface area contributed by atoms with Gasteiger partial charge in [-0.05, 0) is 41.8 Å². The van der Waals surface area contributed by atoms with Crippen molar-refractivity contribution >= 4 is 16.3 Å². The van der Waals surface area contributed by atoms with Crippen molar-refractivity contribution in [3.05, 3.63) is 77.8 Å². The van der Waals surface area contributed by atoms with Crippen LogP contribution in [-0.4, -0.2) is 14.2 Å². The highest BCUT2D eigenvalue weighted by atomic mass is 16.5. The van der Waals surface area contributed by atoms with Crippen molar-refractivity contribution in [3.63, 3.8) is 0 Å². The molecule has 0 aliphatic carbocycles. The van der Waals surface area contributed by atoms with Crippen LogP contribution in [0.1, 0.15) is 18.1 Å². The minimum Gasteiger partial charge on any atom is -0.501 e. The summed E-state index contributed by atoms with van der Waals surface area (Å²) in [6.07, 6.45) is 3.57. The SMILES string of the molecule is C=C/C=C(OC)\C(=C(/C)OC)c1cccc2c(C)cccc12. The number of benzene rings is 2. The molecular formula is C20H22O2. The van der Waals surface area contributed by atoms with Gasteiger partial charge >= 0.3 is 0 Å². The zero-order valence-corrected chi connectivity index (χ0v) is 13.6. The number of hydrogen-bond donors (Lipinski definition) is 0. The van der Waals surface area contributed by atoms with Gasteiger partial charge in [-0.25, -0.2) is 0 Å². The third kappa shape index (κ3) is 2.91. The zero-order chi connectivity index (χ0) is 16.1. The minimum atomic E-state index is 0.739. The number of methoxy groups -OCH3 is 2. The Morgan fingerprint density at radius 2 is 1.68 bits per heavy atom. The molecule has 2 aromatic carbocycles. The summed E-state index contributed by atoms with van der Waals surface area (Å²) in [5.41, 5.74) is 3.29. The van der Waals surface area contributed by atoms with E-state index in [0.717, 1.165) is 22.7 Å². The molecule has 0 aliphatic rings. The molecule has 0 unspecified atom stereocenters. The Morgan fingerprint density at radius 1 is 1.00 bits per heavy atom. The lowest BCUT2D eigenvalue weighted by Crippen LogP contribution is -1.99. The fourth-order valence-corrected chi connectivity index (χ4v) is 2.64. The van der Waals surface area contributed by atoms with E-state index in [9.17, 15) is 0 Å². The van der Waals surface area contributed by atoms with Crippen molar-refractivity contribution in [1.82, 2.24) is 0 Å². The summed E-state index contributed by atoms with van der Waals surface area (Å²) in [5.74, 6) is 1.55. The third-order valence-corrected chi connectivity index (χ3v) is 3.80. The van der Waals surface area contributed by atoms with E-state index in [1.165, 1.54) is 16.3 Å². The molecular weight excluding hydrogens is 272 g/mol. The summed E-state index contributed by atoms with van der Waals surface area (Å²) in [7, 11) is 3.33. The second-order valence-electron chi connectivity index (χ2n) is 5.08. The molecule has 0 heterocycles. The Labute approximate surface area is 132 Å². The molecule has 2 heteroatoms. The summed E-state index contributed by atoms with van der Waals surface area (Å²) in [6.45, 7) is 7.83. The lowest BCUT2D eigenvalue weighted by molar-refractivity contribution is 0.283. The Morgan fingerprint density at radius 3 is 2.32 bits per heavy atom. The van der Waals surface area contributed by atoms with E-state index in [0.29, 0.717) is 0 Å². The number of rotatable bonds is 5. The molecule has 0 radical (unpaired) electrons. The van der Waals surface area contributed by atoms with Gasteiger partial charge in [-0.15, -0.1) is 0 Å². The standard InChI is InChI=1S/C20H22O2/c1-6-9-19(22-5)20(15(3)21-4)18-13-8-11-16-14(2)10-7-12-17(16)18/h6-13H,1H2,2-5H3/b19-9+,20-15+. The first-order valence-corrected chi connectivity index (χ1v) is 7.24. The number of aryl methyl sites for hydroxylation is 1. The maximum atomic E-state index is 5.56. The summed E-state index contributed by atoms with van der Waals surface area (Å²) in [6, 6.07) is 12.6. The number of allylic oxidation sites excluding steroid dienone is 4. The Balaban J connectivity index is 2.82. The van der Waals surface area contributed by atoms with Crippen molar-refractivity contribution in [2.75, 3.05) is 14.2 Å². The Bertz CT molecular complexity index is 751. The largest absolute Gasteiger partial charge is 0.501 e. The highest BCUT2D eigenvalue weighted by Crippen LogP contribution is 2.34. The summed E-state index contributed by atoms with van der Waals surface area (Å²) >= 11 is 0. The van der Waals surface area contributed by atoms with Crippen molar-refractivity contribution in [3.8, 4) is 0 Å². The monoisotopic (exact) mass is 294 g/mol. The van der Waals surface area contributed by atoms with Gasteiger partial charge in [-0.1, -0.05) is 49.1 Å². The molecule has 2 rings (SSSR count). The topological polar surface area (TPSA) is 18.5 Å². The molecule has 0 N–H and O–H groups in total. The molecule has 0 aromatic heterocycles. The van der Waals surface area contributed by atoms with E-state index in [1.54, 1.807) is 20.3 Å². The molecule has 22 heavy (non-hydrogen) atoms. The van der Waals surface area contributed by atoms with Gasteiger partial charge in [0.1, 0.15) is 11.5 Å². The minimum absolute atomic E-state index is 0.739. The highest BCUT2D eigenvalue weighted by Gasteiger charge is 2.16. The predicted octanol–water partition coefficient (Wildman–Crippen LogP) is 5.24. The van der Waals surface area contributed by atoms with Crippen LogP contribution in [0, 0.1) is 6.92 Å². The fraction of sp³-hybridized carbons (Fsp3) is 0.200.